The number of carbonyl (C=O) groups excluding carboxylic acids is 1. The van der Waals surface area contributed by atoms with E-state index in [9.17, 15) is 4.79 Å². The van der Waals surface area contributed by atoms with Crippen LogP contribution in [0.5, 0.6) is 0 Å². The second-order valence-corrected chi connectivity index (χ2v) is 8.35. The second-order valence-electron chi connectivity index (χ2n) is 6.00. The van der Waals surface area contributed by atoms with Gasteiger partial charge >= 0.3 is 0 Å². The molecule has 3 rings (SSSR count). The van der Waals surface area contributed by atoms with E-state index in [0.717, 1.165) is 36.6 Å². The zero-order chi connectivity index (χ0) is 16.9. The molecule has 0 N–H and O–H groups in total. The van der Waals surface area contributed by atoms with Crippen molar-refractivity contribution in [3.05, 3.63) is 22.0 Å². The Morgan fingerprint density at radius 2 is 2.08 bits per heavy atom. The maximum Gasteiger partial charge on any atom is 0.277 e. The molecular weight excluding hydrogens is 344 g/mol. The zero-order valence-corrected chi connectivity index (χ0v) is 15.7. The number of likely N-dealkylation sites (tertiary alicyclic amines) is 1. The molecular formula is C16H22N4O2S2. The van der Waals surface area contributed by atoms with Gasteiger partial charge < -0.3 is 9.32 Å². The summed E-state index contributed by atoms with van der Waals surface area (Å²) < 4.78 is 5.66. The predicted octanol–water partition coefficient (Wildman–Crippen LogP) is 3.31. The maximum atomic E-state index is 12.6. The lowest BCUT2D eigenvalue weighted by Crippen LogP contribution is -2.37. The quantitative estimate of drug-likeness (QED) is 0.756. The molecule has 24 heavy (non-hydrogen) atoms. The maximum absolute atomic E-state index is 12.6. The van der Waals surface area contributed by atoms with Gasteiger partial charge in [-0.1, -0.05) is 24.6 Å². The lowest BCUT2D eigenvalue weighted by atomic mass is 10.2. The van der Waals surface area contributed by atoms with Gasteiger partial charge in [0.05, 0.1) is 22.4 Å². The lowest BCUT2D eigenvalue weighted by Gasteiger charge is -2.23. The Labute approximate surface area is 150 Å². The Kier molecular flexibility index (Phi) is 5.89. The number of hydrogen-bond acceptors (Lipinski definition) is 7. The highest BCUT2D eigenvalue weighted by atomic mass is 32.2. The summed E-state index contributed by atoms with van der Waals surface area (Å²) >= 11 is 2.95. The molecule has 2 aromatic rings. The van der Waals surface area contributed by atoms with Crippen LogP contribution in [0.1, 0.15) is 49.2 Å². The highest BCUT2D eigenvalue weighted by Gasteiger charge is 2.24. The molecule has 6 nitrogen and oxygen atoms in total. The summed E-state index contributed by atoms with van der Waals surface area (Å²) in [6.45, 7) is 5.61. The number of aryl methyl sites for hydroxylation is 1. The van der Waals surface area contributed by atoms with Crippen molar-refractivity contribution in [1.29, 1.82) is 0 Å². The van der Waals surface area contributed by atoms with Crippen LogP contribution >= 0.6 is 23.1 Å². The first-order valence-electron chi connectivity index (χ1n) is 8.30. The minimum atomic E-state index is -0.210. The molecule has 0 bridgehead atoms. The molecule has 1 fully saturated rings. The van der Waals surface area contributed by atoms with Gasteiger partial charge in [-0.3, -0.25) is 4.79 Å². The number of aromatic nitrogens is 3. The van der Waals surface area contributed by atoms with Crippen molar-refractivity contribution in [3.63, 3.8) is 0 Å². The van der Waals surface area contributed by atoms with Gasteiger partial charge in [-0.2, -0.15) is 0 Å². The second kappa shape index (κ2) is 8.11. The largest absolute Gasteiger partial charge is 0.416 e. The van der Waals surface area contributed by atoms with Crippen molar-refractivity contribution < 1.29 is 9.21 Å². The van der Waals surface area contributed by atoms with Crippen LogP contribution in [0.2, 0.25) is 0 Å². The summed E-state index contributed by atoms with van der Waals surface area (Å²) in [5, 5.41) is 11.4. The van der Waals surface area contributed by atoms with E-state index >= 15 is 0 Å². The molecule has 130 valence electrons. The highest BCUT2D eigenvalue weighted by Crippen LogP contribution is 2.25. The van der Waals surface area contributed by atoms with Gasteiger partial charge in [-0.05, 0) is 26.7 Å². The Bertz CT molecular complexity index is 677. The minimum Gasteiger partial charge on any atom is -0.416 e. The third-order valence-corrected chi connectivity index (χ3v) is 5.73. The molecule has 3 heterocycles. The molecule has 0 spiro atoms. The van der Waals surface area contributed by atoms with E-state index in [1.54, 1.807) is 11.3 Å². The van der Waals surface area contributed by atoms with Gasteiger partial charge in [0.15, 0.2) is 0 Å². The van der Waals surface area contributed by atoms with Gasteiger partial charge in [-0.15, -0.1) is 21.5 Å². The number of thiazole rings is 1. The van der Waals surface area contributed by atoms with Crippen molar-refractivity contribution in [1.82, 2.24) is 20.1 Å². The number of hydrogen-bond donors (Lipinski definition) is 0. The topological polar surface area (TPSA) is 72.1 Å². The van der Waals surface area contributed by atoms with E-state index in [1.165, 1.54) is 24.6 Å². The normalized spacial score (nSPS) is 16.8. The minimum absolute atomic E-state index is 0.164. The van der Waals surface area contributed by atoms with Crippen LogP contribution in [-0.2, 0) is 11.2 Å². The van der Waals surface area contributed by atoms with Crippen LogP contribution in [0.25, 0.3) is 0 Å². The van der Waals surface area contributed by atoms with Crippen LogP contribution in [0.3, 0.4) is 0 Å². The summed E-state index contributed by atoms with van der Waals surface area (Å²) in [7, 11) is 0. The molecule has 0 aliphatic carbocycles. The summed E-state index contributed by atoms with van der Waals surface area (Å²) in [6, 6.07) is 0. The summed E-state index contributed by atoms with van der Waals surface area (Å²) in [5.74, 6) is 0.703. The average molecular weight is 367 g/mol. The third kappa shape index (κ3) is 4.57. The van der Waals surface area contributed by atoms with Crippen LogP contribution < -0.4 is 0 Å². The molecule has 0 aromatic carbocycles. The Morgan fingerprint density at radius 1 is 1.33 bits per heavy atom. The number of nitrogens with zero attached hydrogens (tertiary/aromatic N) is 4. The number of rotatable bonds is 5. The standard InChI is InChI=1S/C16H22N4O2S2/c1-11(15(21)20-7-5-3-4-6-8-20)24-16-19-18-14(22-16)9-13-10-23-12(2)17-13/h10-11H,3-9H2,1-2H3. The fourth-order valence-corrected chi connectivity index (χ4v) is 4.15. The van der Waals surface area contributed by atoms with E-state index in [4.69, 9.17) is 4.42 Å². The molecule has 1 amide bonds. The predicted molar refractivity (Wildman–Crippen MR) is 94.3 cm³/mol. The smallest absolute Gasteiger partial charge is 0.277 e. The van der Waals surface area contributed by atoms with Gasteiger partial charge in [0.1, 0.15) is 0 Å². The Morgan fingerprint density at radius 3 is 2.75 bits per heavy atom. The lowest BCUT2D eigenvalue weighted by molar-refractivity contribution is -0.130. The van der Waals surface area contributed by atoms with Crippen molar-refractivity contribution in [2.45, 2.75) is 56.4 Å². The molecule has 1 aliphatic heterocycles. The average Bonchev–Trinajstić information content (AvgIpc) is 3.07. The van der Waals surface area contributed by atoms with Crippen LogP contribution in [-0.4, -0.2) is 44.3 Å². The summed E-state index contributed by atoms with van der Waals surface area (Å²) in [6.07, 6.45) is 5.16. The SMILES string of the molecule is Cc1nc(Cc2nnc(SC(C)C(=O)N3CCCCCC3)o2)cs1. The van der Waals surface area contributed by atoms with Crippen molar-refractivity contribution in [2.75, 3.05) is 13.1 Å². The van der Waals surface area contributed by atoms with Crippen LogP contribution in [0, 0.1) is 6.92 Å². The van der Waals surface area contributed by atoms with E-state index in [1.807, 2.05) is 24.1 Å². The van der Waals surface area contributed by atoms with Gasteiger partial charge in [-0.25, -0.2) is 4.98 Å². The van der Waals surface area contributed by atoms with Crippen molar-refractivity contribution >= 4 is 29.0 Å². The highest BCUT2D eigenvalue weighted by molar-refractivity contribution is 8.00. The molecule has 1 atom stereocenters. The molecule has 1 aliphatic rings. The zero-order valence-electron chi connectivity index (χ0n) is 14.0. The van der Waals surface area contributed by atoms with E-state index in [0.29, 0.717) is 17.5 Å². The van der Waals surface area contributed by atoms with Crippen LogP contribution in [0.15, 0.2) is 15.0 Å². The van der Waals surface area contributed by atoms with E-state index in [-0.39, 0.29) is 11.2 Å². The fourth-order valence-electron chi connectivity index (χ4n) is 2.75. The molecule has 2 aromatic heterocycles. The first kappa shape index (κ1) is 17.4. The first-order valence-corrected chi connectivity index (χ1v) is 10.1. The molecule has 1 unspecified atom stereocenters. The monoisotopic (exact) mass is 366 g/mol. The number of thioether (sulfide) groups is 1. The summed E-state index contributed by atoms with van der Waals surface area (Å²) in [4.78, 5) is 18.9. The Hall–Kier alpha value is -1.41. The molecule has 1 saturated heterocycles. The van der Waals surface area contributed by atoms with Crippen LogP contribution in [0.4, 0.5) is 0 Å². The third-order valence-electron chi connectivity index (χ3n) is 3.99. The number of amides is 1. The summed E-state index contributed by atoms with van der Waals surface area (Å²) in [5.41, 5.74) is 0.936. The van der Waals surface area contributed by atoms with Gasteiger partial charge in [0, 0.05) is 18.5 Å². The molecule has 8 heteroatoms. The Balaban J connectivity index is 1.56. The molecule has 0 saturated carbocycles. The van der Waals surface area contributed by atoms with E-state index in [2.05, 4.69) is 15.2 Å². The first-order chi connectivity index (χ1) is 11.6. The molecule has 0 radical (unpaired) electrons. The van der Waals surface area contributed by atoms with Gasteiger partial charge in [0.25, 0.3) is 5.22 Å². The van der Waals surface area contributed by atoms with Crippen molar-refractivity contribution in [2.24, 2.45) is 0 Å². The van der Waals surface area contributed by atoms with Gasteiger partial charge in [0.2, 0.25) is 11.8 Å². The van der Waals surface area contributed by atoms with E-state index < -0.39 is 0 Å². The fraction of sp³-hybridized carbons (Fsp3) is 0.625. The number of carbonyl (C=O) groups is 1. The van der Waals surface area contributed by atoms with Crippen molar-refractivity contribution in [3.8, 4) is 0 Å².